The Balaban J connectivity index is 1.75. The Labute approximate surface area is 197 Å². The lowest BCUT2D eigenvalue weighted by atomic mass is 10.1. The van der Waals surface area contributed by atoms with Crippen LogP contribution in [-0.4, -0.2) is 45.5 Å². The smallest absolute Gasteiger partial charge is 0.251 e. The van der Waals surface area contributed by atoms with Crippen LogP contribution in [0.4, 0.5) is 0 Å². The van der Waals surface area contributed by atoms with Crippen LogP contribution in [0.3, 0.4) is 0 Å². The maximum atomic E-state index is 13.0. The van der Waals surface area contributed by atoms with Crippen LogP contribution in [0.15, 0.2) is 47.4 Å². The van der Waals surface area contributed by atoms with Gasteiger partial charge in [-0.2, -0.15) is 0 Å². The monoisotopic (exact) mass is 473 g/mol. The average molecular weight is 474 g/mol. The second-order valence-corrected chi connectivity index (χ2v) is 10.1. The van der Waals surface area contributed by atoms with E-state index in [-0.39, 0.29) is 28.2 Å². The molecule has 3 rings (SSSR count). The molecule has 1 saturated carbocycles. The third-order valence-electron chi connectivity index (χ3n) is 6.24. The molecule has 2 N–H and O–H groups in total. The van der Waals surface area contributed by atoms with Crippen molar-refractivity contribution in [3.8, 4) is 5.75 Å². The van der Waals surface area contributed by atoms with Crippen LogP contribution >= 0.6 is 0 Å². The van der Waals surface area contributed by atoms with Gasteiger partial charge in [0.2, 0.25) is 10.0 Å². The van der Waals surface area contributed by atoms with Gasteiger partial charge in [0.25, 0.3) is 5.91 Å². The number of hydrogen-bond acceptors (Lipinski definition) is 5. The van der Waals surface area contributed by atoms with Gasteiger partial charge in [0, 0.05) is 24.7 Å². The SMILES string of the molecule is CCN(CC)Cc1ccccc1CNC(=O)c1ccc(OC)c(S(=O)(=O)NC2CCCC2)c1. The Hall–Kier alpha value is -2.42. The van der Waals surface area contributed by atoms with Crippen molar-refractivity contribution in [3.05, 3.63) is 59.2 Å². The second kappa shape index (κ2) is 11.6. The van der Waals surface area contributed by atoms with E-state index in [0.717, 1.165) is 50.9 Å². The number of carbonyl (C=O) groups is 1. The Morgan fingerprint density at radius 3 is 2.36 bits per heavy atom. The zero-order chi connectivity index (χ0) is 23.8. The van der Waals surface area contributed by atoms with Gasteiger partial charge in [-0.25, -0.2) is 13.1 Å². The first-order valence-corrected chi connectivity index (χ1v) is 13.1. The zero-order valence-corrected chi connectivity index (χ0v) is 20.6. The third kappa shape index (κ3) is 6.56. The molecule has 7 nitrogen and oxygen atoms in total. The summed E-state index contributed by atoms with van der Waals surface area (Å²) < 4.78 is 34.0. The van der Waals surface area contributed by atoms with Crippen LogP contribution in [0.2, 0.25) is 0 Å². The minimum Gasteiger partial charge on any atom is -0.495 e. The normalized spacial score (nSPS) is 14.5. The van der Waals surface area contributed by atoms with Crippen LogP contribution in [0.25, 0.3) is 0 Å². The lowest BCUT2D eigenvalue weighted by Gasteiger charge is -2.20. The van der Waals surface area contributed by atoms with E-state index in [0.29, 0.717) is 6.54 Å². The average Bonchev–Trinajstić information content (AvgIpc) is 3.33. The Bertz CT molecular complexity index is 1050. The zero-order valence-electron chi connectivity index (χ0n) is 19.8. The van der Waals surface area contributed by atoms with Crippen molar-refractivity contribution in [2.24, 2.45) is 0 Å². The summed E-state index contributed by atoms with van der Waals surface area (Å²) in [6.07, 6.45) is 3.69. The molecule has 0 unspecified atom stereocenters. The first-order valence-electron chi connectivity index (χ1n) is 11.7. The molecular weight excluding hydrogens is 438 g/mol. The number of sulfonamides is 1. The molecule has 8 heteroatoms. The Morgan fingerprint density at radius 2 is 1.73 bits per heavy atom. The van der Waals surface area contributed by atoms with Crippen LogP contribution in [0, 0.1) is 0 Å². The summed E-state index contributed by atoms with van der Waals surface area (Å²) in [7, 11) is -2.37. The maximum absolute atomic E-state index is 13.0. The maximum Gasteiger partial charge on any atom is 0.251 e. The van der Waals surface area contributed by atoms with E-state index in [1.807, 2.05) is 18.2 Å². The molecule has 0 radical (unpaired) electrons. The molecule has 1 aliphatic rings. The number of nitrogens with zero attached hydrogens (tertiary/aromatic N) is 1. The molecule has 1 amide bonds. The molecule has 0 spiro atoms. The highest BCUT2D eigenvalue weighted by Gasteiger charge is 2.26. The molecule has 180 valence electrons. The molecule has 0 bridgehead atoms. The topological polar surface area (TPSA) is 87.7 Å². The summed E-state index contributed by atoms with van der Waals surface area (Å²) in [6, 6.07) is 12.5. The number of rotatable bonds is 11. The first-order chi connectivity index (χ1) is 15.9. The fourth-order valence-corrected chi connectivity index (χ4v) is 5.70. The molecule has 0 heterocycles. The van der Waals surface area contributed by atoms with Gasteiger partial charge < -0.3 is 10.1 Å². The summed E-state index contributed by atoms with van der Waals surface area (Å²) in [5, 5.41) is 2.94. The van der Waals surface area contributed by atoms with E-state index in [1.54, 1.807) is 6.07 Å². The Kier molecular flexibility index (Phi) is 8.88. The highest BCUT2D eigenvalue weighted by atomic mass is 32.2. The van der Waals surface area contributed by atoms with Crippen molar-refractivity contribution in [1.82, 2.24) is 14.9 Å². The third-order valence-corrected chi connectivity index (χ3v) is 7.78. The molecule has 2 aromatic rings. The summed E-state index contributed by atoms with van der Waals surface area (Å²) in [6.45, 7) is 7.35. The predicted octanol–water partition coefficient (Wildman–Crippen LogP) is 3.69. The largest absolute Gasteiger partial charge is 0.495 e. The molecule has 0 atom stereocenters. The molecule has 0 aromatic heterocycles. The van der Waals surface area contributed by atoms with Gasteiger partial charge in [-0.1, -0.05) is 51.0 Å². The van der Waals surface area contributed by atoms with Crippen LogP contribution in [0.5, 0.6) is 5.75 Å². The molecule has 2 aromatic carbocycles. The highest BCUT2D eigenvalue weighted by molar-refractivity contribution is 7.89. The molecule has 33 heavy (non-hydrogen) atoms. The van der Waals surface area contributed by atoms with Crippen molar-refractivity contribution in [2.75, 3.05) is 20.2 Å². The van der Waals surface area contributed by atoms with Crippen molar-refractivity contribution < 1.29 is 17.9 Å². The lowest BCUT2D eigenvalue weighted by molar-refractivity contribution is 0.0950. The van der Waals surface area contributed by atoms with Gasteiger partial charge in [0.05, 0.1) is 7.11 Å². The van der Waals surface area contributed by atoms with E-state index in [2.05, 4.69) is 34.9 Å². The van der Waals surface area contributed by atoms with E-state index < -0.39 is 10.0 Å². The minimum atomic E-state index is -3.80. The molecular formula is C25H35N3O4S. The number of benzene rings is 2. The minimum absolute atomic E-state index is 0.00789. The van der Waals surface area contributed by atoms with E-state index >= 15 is 0 Å². The van der Waals surface area contributed by atoms with E-state index in [9.17, 15) is 13.2 Å². The molecule has 0 saturated heterocycles. The number of methoxy groups -OCH3 is 1. The van der Waals surface area contributed by atoms with Gasteiger partial charge in [0.15, 0.2) is 0 Å². The molecule has 1 fully saturated rings. The van der Waals surface area contributed by atoms with Crippen LogP contribution in [0.1, 0.15) is 61.0 Å². The number of amides is 1. The van der Waals surface area contributed by atoms with E-state index in [1.165, 1.54) is 24.8 Å². The standard InChI is InChI=1S/C25H35N3O4S/c1-4-28(5-2)18-21-11-7-6-10-20(21)17-26-25(29)19-14-15-23(32-3)24(16-19)33(30,31)27-22-12-8-9-13-22/h6-7,10-11,14-16,22,27H,4-5,8-9,12-13,17-18H2,1-3H3,(H,26,29). The molecule has 0 aliphatic heterocycles. The molecule has 1 aliphatic carbocycles. The van der Waals surface area contributed by atoms with Gasteiger partial charge in [-0.15, -0.1) is 0 Å². The van der Waals surface area contributed by atoms with E-state index in [4.69, 9.17) is 4.74 Å². The Morgan fingerprint density at radius 1 is 1.06 bits per heavy atom. The highest BCUT2D eigenvalue weighted by Crippen LogP contribution is 2.27. The van der Waals surface area contributed by atoms with Crippen LogP contribution in [-0.2, 0) is 23.1 Å². The quantitative estimate of drug-likeness (QED) is 0.520. The summed E-state index contributed by atoms with van der Waals surface area (Å²) >= 11 is 0. The summed E-state index contributed by atoms with van der Waals surface area (Å²) in [5.74, 6) is -0.103. The van der Waals surface area contributed by atoms with Crippen molar-refractivity contribution >= 4 is 15.9 Å². The fourth-order valence-electron chi connectivity index (χ4n) is 4.20. The predicted molar refractivity (Wildman–Crippen MR) is 130 cm³/mol. The number of nitrogens with one attached hydrogen (secondary N) is 2. The van der Waals surface area contributed by atoms with Gasteiger partial charge >= 0.3 is 0 Å². The van der Waals surface area contributed by atoms with Gasteiger partial charge in [-0.05, 0) is 55.3 Å². The van der Waals surface area contributed by atoms with Crippen molar-refractivity contribution in [2.45, 2.75) is 63.6 Å². The van der Waals surface area contributed by atoms with Crippen LogP contribution < -0.4 is 14.8 Å². The van der Waals surface area contributed by atoms with Crippen molar-refractivity contribution in [3.63, 3.8) is 0 Å². The van der Waals surface area contributed by atoms with Crippen molar-refractivity contribution in [1.29, 1.82) is 0 Å². The lowest BCUT2D eigenvalue weighted by Crippen LogP contribution is -2.33. The number of ether oxygens (including phenoxy) is 1. The van der Waals surface area contributed by atoms with Gasteiger partial charge in [0.1, 0.15) is 10.6 Å². The van der Waals surface area contributed by atoms with Gasteiger partial charge in [-0.3, -0.25) is 9.69 Å². The second-order valence-electron chi connectivity index (χ2n) is 8.38. The fraction of sp³-hybridized carbons (Fsp3) is 0.480. The first kappa shape index (κ1) is 25.2. The summed E-state index contributed by atoms with van der Waals surface area (Å²) in [4.78, 5) is 15.2. The number of carbonyl (C=O) groups excluding carboxylic acids is 1. The summed E-state index contributed by atoms with van der Waals surface area (Å²) in [5.41, 5.74) is 2.49. The number of hydrogen-bond donors (Lipinski definition) is 2.